The average Bonchev–Trinajstić information content (AvgIpc) is 3.30. The van der Waals surface area contributed by atoms with Gasteiger partial charge in [0, 0.05) is 19.3 Å². The number of rotatable bonds is 54. The molecular weight excluding hydrogens is 805 g/mol. The maximum Gasteiger partial charge on any atom is 0.306 e. The Morgan fingerprint density at radius 1 is 0.292 bits per heavy atom. The van der Waals surface area contributed by atoms with Crippen molar-refractivity contribution in [2.75, 3.05) is 13.2 Å². The normalized spacial score (nSPS) is 12.0. The maximum absolute atomic E-state index is 12.8. The van der Waals surface area contributed by atoms with Crippen LogP contribution in [-0.4, -0.2) is 37.2 Å². The molecule has 0 rings (SSSR count). The zero-order chi connectivity index (χ0) is 47.2. The molecule has 65 heavy (non-hydrogen) atoms. The van der Waals surface area contributed by atoms with Gasteiger partial charge in [0.25, 0.3) is 0 Å². The van der Waals surface area contributed by atoms with E-state index in [4.69, 9.17) is 14.2 Å². The number of carbonyl (C=O) groups is 3. The standard InChI is InChI=1S/C59H112O6/c1-4-7-10-13-16-18-20-22-24-25-26-27-28-29-30-31-32-33-34-35-36-38-39-41-43-46-49-52-58(61)64-55-56(54-63-57(60)51-48-45-15-12-9-6-3)65-59(62)53-50-47-44-42-40-37-23-21-19-17-14-11-8-5-2/h25-26,56H,4-24,27-55H2,1-3H3/b26-25-. The first-order chi connectivity index (χ1) is 32.0. The Morgan fingerprint density at radius 3 is 0.769 bits per heavy atom. The van der Waals surface area contributed by atoms with Crippen LogP contribution >= 0.6 is 0 Å². The van der Waals surface area contributed by atoms with Crippen molar-refractivity contribution in [2.24, 2.45) is 0 Å². The van der Waals surface area contributed by atoms with E-state index in [1.54, 1.807) is 0 Å². The third-order valence-electron chi connectivity index (χ3n) is 13.3. The highest BCUT2D eigenvalue weighted by atomic mass is 16.6. The monoisotopic (exact) mass is 917 g/mol. The molecule has 0 aromatic heterocycles. The third kappa shape index (κ3) is 53.0. The van der Waals surface area contributed by atoms with E-state index in [-0.39, 0.29) is 31.1 Å². The van der Waals surface area contributed by atoms with E-state index in [9.17, 15) is 14.4 Å². The fraction of sp³-hybridized carbons (Fsp3) is 0.915. The molecule has 0 spiro atoms. The van der Waals surface area contributed by atoms with Gasteiger partial charge in [-0.2, -0.15) is 0 Å². The molecule has 0 aliphatic carbocycles. The van der Waals surface area contributed by atoms with Gasteiger partial charge in [0.1, 0.15) is 13.2 Å². The summed E-state index contributed by atoms with van der Waals surface area (Å²) in [6.45, 7) is 6.63. The number of hydrogen-bond donors (Lipinski definition) is 0. The summed E-state index contributed by atoms with van der Waals surface area (Å²) in [6, 6.07) is 0. The number of esters is 3. The summed E-state index contributed by atoms with van der Waals surface area (Å²) in [6.07, 6.45) is 62.5. The molecule has 0 saturated heterocycles. The lowest BCUT2D eigenvalue weighted by molar-refractivity contribution is -0.167. The lowest BCUT2D eigenvalue weighted by Crippen LogP contribution is -2.30. The Kier molecular flexibility index (Phi) is 53.2. The topological polar surface area (TPSA) is 78.9 Å². The van der Waals surface area contributed by atoms with Gasteiger partial charge in [0.15, 0.2) is 6.10 Å². The molecule has 1 unspecified atom stereocenters. The van der Waals surface area contributed by atoms with Gasteiger partial charge in [-0.15, -0.1) is 0 Å². The predicted molar refractivity (Wildman–Crippen MR) is 280 cm³/mol. The highest BCUT2D eigenvalue weighted by molar-refractivity contribution is 5.71. The molecule has 0 N–H and O–H groups in total. The molecule has 6 nitrogen and oxygen atoms in total. The van der Waals surface area contributed by atoms with Gasteiger partial charge in [0.05, 0.1) is 0 Å². The van der Waals surface area contributed by atoms with Crippen LogP contribution in [0.5, 0.6) is 0 Å². The lowest BCUT2D eigenvalue weighted by Gasteiger charge is -2.18. The van der Waals surface area contributed by atoms with Crippen LogP contribution in [0.1, 0.15) is 329 Å². The van der Waals surface area contributed by atoms with Crippen LogP contribution in [0.15, 0.2) is 12.2 Å². The fourth-order valence-corrected chi connectivity index (χ4v) is 8.85. The molecule has 0 fully saturated rings. The number of carbonyl (C=O) groups excluding carboxylic acids is 3. The van der Waals surface area contributed by atoms with Gasteiger partial charge in [0.2, 0.25) is 0 Å². The summed E-state index contributed by atoms with van der Waals surface area (Å²) >= 11 is 0. The highest BCUT2D eigenvalue weighted by Gasteiger charge is 2.19. The van der Waals surface area contributed by atoms with Crippen molar-refractivity contribution < 1.29 is 28.6 Å². The first kappa shape index (κ1) is 63.1. The van der Waals surface area contributed by atoms with E-state index in [2.05, 4.69) is 32.9 Å². The Labute approximate surface area is 405 Å². The summed E-state index contributed by atoms with van der Waals surface area (Å²) in [4.78, 5) is 37.8. The number of unbranched alkanes of at least 4 members (excludes halogenated alkanes) is 41. The number of hydrogen-bond acceptors (Lipinski definition) is 6. The van der Waals surface area contributed by atoms with Crippen molar-refractivity contribution >= 4 is 17.9 Å². The minimum absolute atomic E-state index is 0.0645. The second-order valence-electron chi connectivity index (χ2n) is 19.9. The molecular formula is C59H112O6. The van der Waals surface area contributed by atoms with E-state index >= 15 is 0 Å². The van der Waals surface area contributed by atoms with Crippen LogP contribution in [-0.2, 0) is 28.6 Å². The van der Waals surface area contributed by atoms with Crippen LogP contribution < -0.4 is 0 Å². The summed E-state index contributed by atoms with van der Waals surface area (Å²) in [5.74, 6) is -0.854. The molecule has 1 atom stereocenters. The predicted octanol–water partition coefficient (Wildman–Crippen LogP) is 19.3. The van der Waals surface area contributed by atoms with Crippen molar-refractivity contribution in [2.45, 2.75) is 335 Å². The lowest BCUT2D eigenvalue weighted by atomic mass is 10.0. The molecule has 0 aromatic rings. The van der Waals surface area contributed by atoms with E-state index in [1.807, 2.05) is 0 Å². The fourth-order valence-electron chi connectivity index (χ4n) is 8.85. The summed E-state index contributed by atoms with van der Waals surface area (Å²) in [5, 5.41) is 0. The minimum Gasteiger partial charge on any atom is -0.462 e. The van der Waals surface area contributed by atoms with Gasteiger partial charge < -0.3 is 14.2 Å². The molecule has 0 heterocycles. The molecule has 384 valence electrons. The van der Waals surface area contributed by atoms with E-state index in [1.165, 1.54) is 231 Å². The first-order valence-corrected chi connectivity index (χ1v) is 29.2. The molecule has 6 heteroatoms. The highest BCUT2D eigenvalue weighted by Crippen LogP contribution is 2.17. The van der Waals surface area contributed by atoms with Crippen LogP contribution in [0.25, 0.3) is 0 Å². The SMILES string of the molecule is CCCCCCCCCC/C=C\CCCCCCCCCCCCCCCCCC(=O)OCC(COC(=O)CCCCCCCC)OC(=O)CCCCCCCCCCCCCCCC. The summed E-state index contributed by atoms with van der Waals surface area (Å²) < 4.78 is 16.8. The van der Waals surface area contributed by atoms with Crippen molar-refractivity contribution in [3.63, 3.8) is 0 Å². The van der Waals surface area contributed by atoms with Crippen molar-refractivity contribution in [1.29, 1.82) is 0 Å². The largest absolute Gasteiger partial charge is 0.462 e. The Morgan fingerprint density at radius 2 is 0.508 bits per heavy atom. The smallest absolute Gasteiger partial charge is 0.306 e. The van der Waals surface area contributed by atoms with Gasteiger partial charge >= 0.3 is 17.9 Å². The number of ether oxygens (including phenoxy) is 3. The Balaban J connectivity index is 3.99. The quantitative estimate of drug-likeness (QED) is 0.0262. The molecule has 0 aliphatic heterocycles. The van der Waals surface area contributed by atoms with Gasteiger partial charge in [-0.05, 0) is 44.9 Å². The van der Waals surface area contributed by atoms with Crippen molar-refractivity contribution in [3.05, 3.63) is 12.2 Å². The van der Waals surface area contributed by atoms with Crippen LogP contribution in [0.2, 0.25) is 0 Å². The molecule has 0 aliphatic rings. The second-order valence-corrected chi connectivity index (χ2v) is 19.9. The average molecular weight is 918 g/mol. The molecule has 0 saturated carbocycles. The third-order valence-corrected chi connectivity index (χ3v) is 13.3. The van der Waals surface area contributed by atoms with Crippen molar-refractivity contribution in [3.8, 4) is 0 Å². The maximum atomic E-state index is 12.8. The van der Waals surface area contributed by atoms with E-state index in [0.717, 1.165) is 57.8 Å². The molecule has 0 radical (unpaired) electrons. The van der Waals surface area contributed by atoms with E-state index < -0.39 is 6.10 Å². The summed E-state index contributed by atoms with van der Waals surface area (Å²) in [7, 11) is 0. The Hall–Kier alpha value is -1.85. The van der Waals surface area contributed by atoms with Crippen LogP contribution in [0.3, 0.4) is 0 Å². The zero-order valence-electron chi connectivity index (χ0n) is 44.0. The summed E-state index contributed by atoms with van der Waals surface area (Å²) in [5.41, 5.74) is 0. The van der Waals surface area contributed by atoms with Crippen LogP contribution in [0.4, 0.5) is 0 Å². The number of allylic oxidation sites excluding steroid dienone is 2. The molecule has 0 bridgehead atoms. The van der Waals surface area contributed by atoms with Gasteiger partial charge in [-0.3, -0.25) is 14.4 Å². The van der Waals surface area contributed by atoms with Crippen LogP contribution in [0, 0.1) is 0 Å². The Bertz CT molecular complexity index is 1010. The first-order valence-electron chi connectivity index (χ1n) is 29.2. The molecule has 0 amide bonds. The zero-order valence-corrected chi connectivity index (χ0v) is 44.0. The van der Waals surface area contributed by atoms with Crippen molar-refractivity contribution in [1.82, 2.24) is 0 Å². The minimum atomic E-state index is -0.761. The molecule has 0 aromatic carbocycles. The second kappa shape index (κ2) is 54.8. The van der Waals surface area contributed by atoms with E-state index in [0.29, 0.717) is 19.3 Å². The van der Waals surface area contributed by atoms with Gasteiger partial charge in [-0.1, -0.05) is 277 Å². The van der Waals surface area contributed by atoms with Gasteiger partial charge in [-0.25, -0.2) is 0 Å².